The van der Waals surface area contributed by atoms with E-state index in [-0.39, 0.29) is 6.10 Å². The molecule has 0 spiro atoms. The van der Waals surface area contributed by atoms with Crippen molar-refractivity contribution in [2.45, 2.75) is 20.0 Å². The predicted molar refractivity (Wildman–Crippen MR) is 52.7 cm³/mol. The number of ether oxygens (including phenoxy) is 1. The summed E-state index contributed by atoms with van der Waals surface area (Å²) in [4.78, 5) is 4.02. The zero-order valence-electron chi connectivity index (χ0n) is 6.84. The summed E-state index contributed by atoms with van der Waals surface area (Å²) in [6.45, 7) is 3.89. The maximum atomic E-state index is 5.71. The van der Waals surface area contributed by atoms with Crippen LogP contribution in [0.2, 0.25) is 5.02 Å². The molecule has 12 heavy (non-hydrogen) atoms. The Morgan fingerprint density at radius 3 is 2.75 bits per heavy atom. The van der Waals surface area contributed by atoms with Gasteiger partial charge in [0.05, 0.1) is 15.6 Å². The van der Waals surface area contributed by atoms with E-state index in [1.54, 1.807) is 12.3 Å². The maximum Gasteiger partial charge on any atom is 0.228 e. The van der Waals surface area contributed by atoms with Gasteiger partial charge in [0.15, 0.2) is 0 Å². The third-order valence-electron chi connectivity index (χ3n) is 1.12. The summed E-state index contributed by atoms with van der Waals surface area (Å²) in [6.07, 6.45) is 1.68. The van der Waals surface area contributed by atoms with E-state index in [9.17, 15) is 0 Å². The van der Waals surface area contributed by atoms with Gasteiger partial charge in [0.2, 0.25) is 5.88 Å². The fourth-order valence-electron chi connectivity index (χ4n) is 0.712. The SMILES string of the molecule is CC(C)Oc1ncc(Cl)cc1Br. The van der Waals surface area contributed by atoms with E-state index in [2.05, 4.69) is 20.9 Å². The normalized spacial score (nSPS) is 10.4. The summed E-state index contributed by atoms with van der Waals surface area (Å²) < 4.78 is 6.16. The third-order valence-corrected chi connectivity index (χ3v) is 1.90. The van der Waals surface area contributed by atoms with Gasteiger partial charge in [-0.1, -0.05) is 11.6 Å². The quantitative estimate of drug-likeness (QED) is 0.803. The minimum atomic E-state index is 0.120. The zero-order chi connectivity index (χ0) is 9.14. The van der Waals surface area contributed by atoms with Crippen LogP contribution in [-0.2, 0) is 0 Å². The standard InChI is InChI=1S/C8H9BrClNO/c1-5(2)12-8-7(9)3-6(10)4-11-8/h3-5H,1-2H3. The second kappa shape index (κ2) is 4.10. The number of halogens is 2. The monoisotopic (exact) mass is 249 g/mol. The van der Waals surface area contributed by atoms with Crippen LogP contribution in [-0.4, -0.2) is 11.1 Å². The van der Waals surface area contributed by atoms with Gasteiger partial charge in [0, 0.05) is 6.20 Å². The van der Waals surface area contributed by atoms with E-state index < -0.39 is 0 Å². The van der Waals surface area contributed by atoms with Crippen LogP contribution >= 0.6 is 27.5 Å². The Morgan fingerprint density at radius 2 is 2.25 bits per heavy atom. The molecule has 1 rings (SSSR count). The highest BCUT2D eigenvalue weighted by Crippen LogP contribution is 2.25. The van der Waals surface area contributed by atoms with Gasteiger partial charge < -0.3 is 4.74 Å². The Hall–Kier alpha value is -0.280. The Morgan fingerprint density at radius 1 is 1.58 bits per heavy atom. The second-order valence-corrected chi connectivity index (χ2v) is 3.90. The minimum Gasteiger partial charge on any atom is -0.474 e. The molecule has 0 fully saturated rings. The van der Waals surface area contributed by atoms with Gasteiger partial charge in [0.25, 0.3) is 0 Å². The number of pyridine rings is 1. The Balaban J connectivity index is 2.86. The van der Waals surface area contributed by atoms with Gasteiger partial charge in [0.1, 0.15) is 0 Å². The topological polar surface area (TPSA) is 22.1 Å². The van der Waals surface area contributed by atoms with E-state index in [4.69, 9.17) is 16.3 Å². The van der Waals surface area contributed by atoms with Gasteiger partial charge in [-0.3, -0.25) is 0 Å². The van der Waals surface area contributed by atoms with Crippen LogP contribution in [0.15, 0.2) is 16.7 Å². The van der Waals surface area contributed by atoms with E-state index in [0.29, 0.717) is 10.9 Å². The first kappa shape index (κ1) is 9.81. The van der Waals surface area contributed by atoms with Crippen molar-refractivity contribution in [2.24, 2.45) is 0 Å². The van der Waals surface area contributed by atoms with Gasteiger partial charge in [-0.25, -0.2) is 4.98 Å². The number of hydrogen-bond acceptors (Lipinski definition) is 2. The first-order valence-corrected chi connectivity index (χ1v) is 4.74. The largest absolute Gasteiger partial charge is 0.474 e. The summed E-state index contributed by atoms with van der Waals surface area (Å²) >= 11 is 9.01. The number of aromatic nitrogens is 1. The summed E-state index contributed by atoms with van der Waals surface area (Å²) in [6, 6.07) is 1.76. The lowest BCUT2D eigenvalue weighted by atomic mass is 10.4. The van der Waals surface area contributed by atoms with Gasteiger partial charge in [-0.15, -0.1) is 0 Å². The molecule has 66 valence electrons. The van der Waals surface area contributed by atoms with Crippen molar-refractivity contribution in [3.8, 4) is 5.88 Å². The van der Waals surface area contributed by atoms with Crippen LogP contribution in [0.3, 0.4) is 0 Å². The Bertz CT molecular complexity index is 278. The molecule has 0 radical (unpaired) electrons. The summed E-state index contributed by atoms with van der Waals surface area (Å²) in [5, 5.41) is 0.595. The molecule has 0 aliphatic carbocycles. The molecule has 0 aliphatic heterocycles. The van der Waals surface area contributed by atoms with Gasteiger partial charge >= 0.3 is 0 Å². The summed E-state index contributed by atoms with van der Waals surface area (Å²) in [5.41, 5.74) is 0. The second-order valence-electron chi connectivity index (χ2n) is 2.61. The third kappa shape index (κ3) is 2.64. The smallest absolute Gasteiger partial charge is 0.228 e. The van der Waals surface area contributed by atoms with Crippen molar-refractivity contribution in [3.05, 3.63) is 21.8 Å². The number of rotatable bonds is 2. The molecule has 0 aliphatic rings. The van der Waals surface area contributed by atoms with Crippen molar-refractivity contribution >= 4 is 27.5 Å². The lowest BCUT2D eigenvalue weighted by Gasteiger charge is -2.09. The number of hydrogen-bond donors (Lipinski definition) is 0. The Kier molecular flexibility index (Phi) is 3.35. The van der Waals surface area contributed by atoms with Crippen LogP contribution in [0.25, 0.3) is 0 Å². The van der Waals surface area contributed by atoms with Crippen molar-refractivity contribution in [2.75, 3.05) is 0 Å². The van der Waals surface area contributed by atoms with E-state index >= 15 is 0 Å². The first-order valence-electron chi connectivity index (χ1n) is 3.57. The molecule has 1 aromatic heterocycles. The minimum absolute atomic E-state index is 0.120. The van der Waals surface area contributed by atoms with Crippen LogP contribution in [0.1, 0.15) is 13.8 Å². The molecule has 0 saturated heterocycles. The number of nitrogens with zero attached hydrogens (tertiary/aromatic N) is 1. The van der Waals surface area contributed by atoms with Gasteiger partial charge in [-0.05, 0) is 35.8 Å². The first-order chi connectivity index (χ1) is 5.59. The highest BCUT2D eigenvalue weighted by molar-refractivity contribution is 9.10. The highest BCUT2D eigenvalue weighted by atomic mass is 79.9. The molecule has 2 nitrogen and oxygen atoms in total. The van der Waals surface area contributed by atoms with Crippen LogP contribution < -0.4 is 4.74 Å². The fraction of sp³-hybridized carbons (Fsp3) is 0.375. The molecule has 0 N–H and O–H groups in total. The zero-order valence-corrected chi connectivity index (χ0v) is 9.19. The van der Waals surface area contributed by atoms with Crippen LogP contribution in [0, 0.1) is 0 Å². The highest BCUT2D eigenvalue weighted by Gasteiger charge is 2.04. The molecule has 1 aromatic rings. The lowest BCUT2D eigenvalue weighted by Crippen LogP contribution is -2.07. The molecule has 0 saturated carbocycles. The van der Waals surface area contributed by atoms with Crippen molar-refractivity contribution in [1.29, 1.82) is 0 Å². The van der Waals surface area contributed by atoms with Crippen LogP contribution in [0.4, 0.5) is 0 Å². The summed E-state index contributed by atoms with van der Waals surface area (Å²) in [5.74, 6) is 0.578. The van der Waals surface area contributed by atoms with Crippen molar-refractivity contribution < 1.29 is 4.74 Å². The molecule has 0 aromatic carbocycles. The van der Waals surface area contributed by atoms with Crippen molar-refractivity contribution in [1.82, 2.24) is 4.98 Å². The fourth-order valence-corrected chi connectivity index (χ4v) is 1.44. The lowest BCUT2D eigenvalue weighted by molar-refractivity contribution is 0.231. The maximum absolute atomic E-state index is 5.71. The molecule has 0 unspecified atom stereocenters. The van der Waals surface area contributed by atoms with E-state index in [1.165, 1.54) is 0 Å². The average molecular weight is 251 g/mol. The molecule has 0 amide bonds. The average Bonchev–Trinajstić information content (AvgIpc) is 1.94. The van der Waals surface area contributed by atoms with E-state index in [1.807, 2.05) is 13.8 Å². The van der Waals surface area contributed by atoms with Gasteiger partial charge in [-0.2, -0.15) is 0 Å². The molecule has 0 atom stereocenters. The van der Waals surface area contributed by atoms with Crippen LogP contribution in [0.5, 0.6) is 5.88 Å². The molecule has 4 heteroatoms. The predicted octanol–water partition coefficient (Wildman–Crippen LogP) is 3.28. The molecular weight excluding hydrogens is 241 g/mol. The molecular formula is C8H9BrClNO. The Labute approximate surface area is 85.0 Å². The molecule has 0 bridgehead atoms. The molecule has 1 heterocycles. The van der Waals surface area contributed by atoms with E-state index in [0.717, 1.165) is 4.47 Å². The van der Waals surface area contributed by atoms with Crippen molar-refractivity contribution in [3.63, 3.8) is 0 Å². The summed E-state index contributed by atoms with van der Waals surface area (Å²) in [7, 11) is 0.